The molecule has 20 heavy (non-hydrogen) atoms. The second kappa shape index (κ2) is 4.90. The van der Waals surface area contributed by atoms with Gasteiger partial charge in [0.05, 0.1) is 29.1 Å². The molecule has 1 unspecified atom stereocenters. The lowest BCUT2D eigenvalue weighted by atomic mass is 10.0. The Morgan fingerprint density at radius 1 is 1.45 bits per heavy atom. The number of hydrogen-bond acceptors (Lipinski definition) is 4. The molecule has 2 N–H and O–H groups in total. The summed E-state index contributed by atoms with van der Waals surface area (Å²) in [7, 11) is -3.08. The highest BCUT2D eigenvalue weighted by atomic mass is 32.2. The molecule has 0 aliphatic carbocycles. The lowest BCUT2D eigenvalue weighted by Crippen LogP contribution is -2.34. The molecule has 0 radical (unpaired) electrons. The Balaban J connectivity index is 1.74. The van der Waals surface area contributed by atoms with Crippen molar-refractivity contribution in [2.45, 2.75) is 12.8 Å². The second-order valence-corrected chi connectivity index (χ2v) is 7.31. The Morgan fingerprint density at radius 2 is 2.30 bits per heavy atom. The molecule has 1 saturated heterocycles. The molecule has 0 saturated carbocycles. The first kappa shape index (κ1) is 13.1. The predicted molar refractivity (Wildman–Crippen MR) is 76.1 cm³/mol. The van der Waals surface area contributed by atoms with Crippen LogP contribution < -0.4 is 5.32 Å². The van der Waals surface area contributed by atoms with Gasteiger partial charge in [0.15, 0.2) is 9.84 Å². The number of H-pyrrole nitrogens is 1. The number of amides is 1. The average molecular weight is 293 g/mol. The van der Waals surface area contributed by atoms with Crippen LogP contribution in [0.4, 0.5) is 5.82 Å². The van der Waals surface area contributed by atoms with Crippen LogP contribution in [0.2, 0.25) is 0 Å². The molecule has 6 nitrogen and oxygen atoms in total. The summed E-state index contributed by atoms with van der Waals surface area (Å²) in [6, 6.07) is 3.65. The summed E-state index contributed by atoms with van der Waals surface area (Å²) in [5.41, 5.74) is 0.892. The van der Waals surface area contributed by atoms with Gasteiger partial charge in [0, 0.05) is 11.6 Å². The number of carbonyl (C=O) groups excluding carboxylic acids is 1. The van der Waals surface area contributed by atoms with E-state index in [1.165, 1.54) is 0 Å². The summed E-state index contributed by atoms with van der Waals surface area (Å²) < 4.78 is 23.1. The van der Waals surface area contributed by atoms with E-state index in [0.717, 1.165) is 10.9 Å². The molecular weight excluding hydrogens is 278 g/mol. The highest BCUT2D eigenvalue weighted by Crippen LogP contribution is 2.21. The molecule has 1 atom stereocenters. The zero-order valence-corrected chi connectivity index (χ0v) is 11.6. The molecule has 0 spiro atoms. The van der Waals surface area contributed by atoms with Crippen molar-refractivity contribution >= 4 is 32.5 Å². The van der Waals surface area contributed by atoms with Crippen molar-refractivity contribution in [3.05, 3.63) is 24.5 Å². The maximum absolute atomic E-state index is 12.1. The first-order valence-electron chi connectivity index (χ1n) is 6.48. The van der Waals surface area contributed by atoms with Gasteiger partial charge in [-0.1, -0.05) is 0 Å². The van der Waals surface area contributed by atoms with Gasteiger partial charge in [-0.05, 0) is 25.0 Å². The molecule has 7 heteroatoms. The summed E-state index contributed by atoms with van der Waals surface area (Å²) in [5, 5.41) is 3.65. The fraction of sp³-hybridized carbons (Fsp3) is 0.385. The van der Waals surface area contributed by atoms with Crippen molar-refractivity contribution < 1.29 is 13.2 Å². The SMILES string of the molecule is O=C(Nc1cc2cc[nH]c2cn1)C1CCCS(=O)(=O)C1. The van der Waals surface area contributed by atoms with Crippen LogP contribution in [-0.2, 0) is 14.6 Å². The van der Waals surface area contributed by atoms with E-state index in [1.807, 2.05) is 6.07 Å². The predicted octanol–water partition coefficient (Wildman–Crippen LogP) is 1.33. The van der Waals surface area contributed by atoms with Crippen molar-refractivity contribution in [1.82, 2.24) is 9.97 Å². The Kier molecular flexibility index (Phi) is 3.21. The fourth-order valence-corrected chi connectivity index (χ4v) is 4.18. The Morgan fingerprint density at radius 3 is 3.10 bits per heavy atom. The van der Waals surface area contributed by atoms with Crippen LogP contribution in [0, 0.1) is 5.92 Å². The normalized spacial score (nSPS) is 21.7. The average Bonchev–Trinajstić information content (AvgIpc) is 2.85. The van der Waals surface area contributed by atoms with E-state index in [1.54, 1.807) is 18.5 Å². The minimum atomic E-state index is -3.08. The molecule has 3 rings (SSSR count). The van der Waals surface area contributed by atoms with Gasteiger partial charge >= 0.3 is 0 Å². The third-order valence-electron chi connectivity index (χ3n) is 3.52. The Labute approximate surface area is 116 Å². The van der Waals surface area contributed by atoms with Gasteiger partial charge < -0.3 is 10.3 Å². The molecule has 0 bridgehead atoms. The molecule has 1 fully saturated rings. The van der Waals surface area contributed by atoms with E-state index < -0.39 is 15.8 Å². The van der Waals surface area contributed by atoms with Crippen molar-refractivity contribution in [3.8, 4) is 0 Å². The summed E-state index contributed by atoms with van der Waals surface area (Å²) >= 11 is 0. The Hall–Kier alpha value is -1.89. The van der Waals surface area contributed by atoms with Gasteiger partial charge in [-0.15, -0.1) is 0 Å². The van der Waals surface area contributed by atoms with E-state index in [-0.39, 0.29) is 17.4 Å². The number of pyridine rings is 1. The fourth-order valence-electron chi connectivity index (χ4n) is 2.48. The van der Waals surface area contributed by atoms with Crippen LogP contribution in [-0.4, -0.2) is 35.8 Å². The van der Waals surface area contributed by atoms with Crippen molar-refractivity contribution in [2.75, 3.05) is 16.8 Å². The van der Waals surface area contributed by atoms with Crippen molar-refractivity contribution in [2.24, 2.45) is 5.92 Å². The smallest absolute Gasteiger partial charge is 0.229 e. The molecule has 1 aliphatic rings. The van der Waals surface area contributed by atoms with Crippen LogP contribution in [0.1, 0.15) is 12.8 Å². The number of anilines is 1. The number of carbonyl (C=O) groups is 1. The number of fused-ring (bicyclic) bond motifs is 1. The minimum Gasteiger partial charge on any atom is -0.360 e. The Bertz CT molecular complexity index is 751. The van der Waals surface area contributed by atoms with Crippen LogP contribution in [0.5, 0.6) is 0 Å². The first-order valence-corrected chi connectivity index (χ1v) is 8.30. The molecule has 2 aromatic rings. The summed E-state index contributed by atoms with van der Waals surface area (Å²) in [4.78, 5) is 19.3. The quantitative estimate of drug-likeness (QED) is 0.873. The van der Waals surface area contributed by atoms with Gasteiger partial charge in [0.1, 0.15) is 5.82 Å². The largest absolute Gasteiger partial charge is 0.360 e. The standard InChI is InChI=1S/C13H15N3O3S/c17-13(10-2-1-5-20(18,19)8-10)16-12-6-9-3-4-14-11(9)7-15-12/h3-4,6-7,10,14H,1-2,5,8H2,(H,15,16,17). The minimum absolute atomic E-state index is 0.0643. The molecule has 2 aromatic heterocycles. The number of aromatic amines is 1. The lowest BCUT2D eigenvalue weighted by molar-refractivity contribution is -0.119. The van der Waals surface area contributed by atoms with Crippen molar-refractivity contribution in [1.29, 1.82) is 0 Å². The van der Waals surface area contributed by atoms with Crippen LogP contribution in [0.15, 0.2) is 24.5 Å². The van der Waals surface area contributed by atoms with E-state index in [9.17, 15) is 13.2 Å². The van der Waals surface area contributed by atoms with Crippen LogP contribution >= 0.6 is 0 Å². The van der Waals surface area contributed by atoms with E-state index >= 15 is 0 Å². The lowest BCUT2D eigenvalue weighted by Gasteiger charge is -2.20. The molecule has 1 aliphatic heterocycles. The van der Waals surface area contributed by atoms with E-state index in [0.29, 0.717) is 18.7 Å². The molecule has 106 valence electrons. The van der Waals surface area contributed by atoms with Crippen molar-refractivity contribution in [3.63, 3.8) is 0 Å². The van der Waals surface area contributed by atoms with Gasteiger partial charge in [-0.25, -0.2) is 13.4 Å². The van der Waals surface area contributed by atoms with Gasteiger partial charge in [-0.3, -0.25) is 4.79 Å². The number of aromatic nitrogens is 2. The third-order valence-corrected chi connectivity index (χ3v) is 5.34. The summed E-state index contributed by atoms with van der Waals surface area (Å²) in [6.45, 7) is 0. The van der Waals surface area contributed by atoms with Gasteiger partial charge in [-0.2, -0.15) is 0 Å². The molecule has 0 aromatic carbocycles. The zero-order chi connectivity index (χ0) is 14.2. The number of nitrogens with one attached hydrogen (secondary N) is 2. The van der Waals surface area contributed by atoms with Gasteiger partial charge in [0.2, 0.25) is 5.91 Å². The first-order chi connectivity index (χ1) is 9.53. The number of nitrogens with zero attached hydrogens (tertiary/aromatic N) is 1. The number of rotatable bonds is 2. The van der Waals surface area contributed by atoms with E-state index in [2.05, 4.69) is 15.3 Å². The van der Waals surface area contributed by atoms with Crippen LogP contribution in [0.3, 0.4) is 0 Å². The topological polar surface area (TPSA) is 91.9 Å². The maximum Gasteiger partial charge on any atom is 0.229 e. The summed E-state index contributed by atoms with van der Waals surface area (Å²) in [5.74, 6) is -0.173. The van der Waals surface area contributed by atoms with Crippen LogP contribution in [0.25, 0.3) is 10.9 Å². The zero-order valence-electron chi connectivity index (χ0n) is 10.8. The number of sulfone groups is 1. The molecule has 1 amide bonds. The number of hydrogen-bond donors (Lipinski definition) is 2. The maximum atomic E-state index is 12.1. The monoisotopic (exact) mass is 293 g/mol. The van der Waals surface area contributed by atoms with Gasteiger partial charge in [0.25, 0.3) is 0 Å². The highest BCUT2D eigenvalue weighted by Gasteiger charge is 2.30. The van der Waals surface area contributed by atoms with E-state index in [4.69, 9.17) is 0 Å². The highest BCUT2D eigenvalue weighted by molar-refractivity contribution is 7.91. The molecular formula is C13H15N3O3S. The third kappa shape index (κ3) is 2.67. The summed E-state index contributed by atoms with van der Waals surface area (Å²) in [6.07, 6.45) is 4.59. The molecule has 3 heterocycles. The second-order valence-electron chi connectivity index (χ2n) is 5.08.